The molecule has 39 heavy (non-hydrogen) atoms. The largest absolute Gasteiger partial charge is 1.00 e. The molecule has 0 aliphatic heterocycles. The fourth-order valence-electron chi connectivity index (χ4n) is 4.66. The summed E-state index contributed by atoms with van der Waals surface area (Å²) in [7, 11) is -3.11. The first-order valence-corrected chi connectivity index (χ1v) is 16.2. The van der Waals surface area contributed by atoms with Crippen molar-refractivity contribution in [2.45, 2.75) is 142 Å². The summed E-state index contributed by atoms with van der Waals surface area (Å²) in [6.07, 6.45) is 22.4. The Labute approximate surface area is 265 Å². The Morgan fingerprint density at radius 1 is 0.564 bits per heavy atom. The average molecular weight is 567 g/mol. The molecule has 216 valence electrons. The van der Waals surface area contributed by atoms with E-state index in [0.29, 0.717) is 5.92 Å². The second-order valence-corrected chi connectivity index (χ2v) is 11.0. The summed E-state index contributed by atoms with van der Waals surface area (Å²) >= 11 is 0. The van der Waals surface area contributed by atoms with Crippen molar-refractivity contribution in [2.75, 3.05) is 0 Å². The van der Waals surface area contributed by atoms with Gasteiger partial charge in [0, 0.05) is 0 Å². The second kappa shape index (κ2) is 30.0. The first-order valence-electron chi connectivity index (χ1n) is 15.2. The Kier molecular flexibility index (Phi) is 31.0. The molecular weight excluding hydrogens is 511 g/mol. The quantitative estimate of drug-likeness (QED) is 0.106. The molecule has 0 N–H and O–H groups in total. The van der Waals surface area contributed by atoms with Crippen LogP contribution in [0.15, 0.2) is 54.6 Å². The van der Waals surface area contributed by atoms with Gasteiger partial charge in [0.25, 0.3) is 0 Å². The summed E-state index contributed by atoms with van der Waals surface area (Å²) in [6, 6.07) is 22.4. The van der Waals surface area contributed by atoms with E-state index in [-0.39, 0.29) is 29.6 Å². The predicted molar refractivity (Wildman–Crippen MR) is 163 cm³/mol. The van der Waals surface area contributed by atoms with Gasteiger partial charge >= 0.3 is 40.2 Å². The van der Waals surface area contributed by atoms with Gasteiger partial charge in [0.1, 0.15) is 0 Å². The zero-order chi connectivity index (χ0) is 28.3. The first kappa shape index (κ1) is 40.2. The van der Waals surface area contributed by atoms with Gasteiger partial charge in [-0.05, 0) is 30.2 Å². The van der Waals surface area contributed by atoms with Crippen molar-refractivity contribution in [3.63, 3.8) is 0 Å². The second-order valence-electron chi connectivity index (χ2n) is 10.6. The van der Waals surface area contributed by atoms with E-state index in [0.717, 1.165) is 5.92 Å². The summed E-state index contributed by atoms with van der Waals surface area (Å²) in [5.74, 6) is 1.44. The zero-order valence-electron chi connectivity index (χ0n) is 25.8. The van der Waals surface area contributed by atoms with Gasteiger partial charge < -0.3 is 0 Å². The normalized spacial score (nSPS) is 11.6. The van der Waals surface area contributed by atoms with Crippen LogP contribution < -0.4 is 29.6 Å². The van der Waals surface area contributed by atoms with Crippen molar-refractivity contribution >= 4 is 10.6 Å². The van der Waals surface area contributed by atoms with E-state index in [1.807, 2.05) is 12.1 Å². The molecule has 0 saturated heterocycles. The average Bonchev–Trinajstić information content (AvgIpc) is 2.93. The number of rotatable bonds is 18. The Balaban J connectivity index is 0. The van der Waals surface area contributed by atoms with Crippen LogP contribution >= 0.6 is 0 Å². The van der Waals surface area contributed by atoms with Gasteiger partial charge in [0.15, 0.2) is 0 Å². The van der Waals surface area contributed by atoms with E-state index >= 15 is 0 Å². The molecule has 0 fully saturated rings. The summed E-state index contributed by atoms with van der Waals surface area (Å²) in [4.78, 5) is 0. The minimum Gasteiger partial charge on any atom is -0.184 e. The molecule has 0 aliphatic rings. The van der Waals surface area contributed by atoms with Crippen molar-refractivity contribution in [2.24, 2.45) is 0 Å². The van der Waals surface area contributed by atoms with E-state index in [4.69, 9.17) is 12.6 Å². The first-order chi connectivity index (χ1) is 18.4. The fraction of sp³-hybridized carbons (Fsp3) is 0.647. The molecule has 2 rings (SSSR count). The van der Waals surface area contributed by atoms with E-state index in [1.54, 1.807) is 0 Å². The van der Waals surface area contributed by atoms with Gasteiger partial charge in [0.05, 0.1) is 0 Å². The SMILES string of the molecule is CCCCCCCCCC(C)c1cc[c-]cc1.CCCCCCCCCC(C)c1ccccc1.O=S(=O)=O.[Na+]. The molecule has 5 heteroatoms. The Morgan fingerprint density at radius 2 is 0.897 bits per heavy atom. The van der Waals surface area contributed by atoms with E-state index in [2.05, 4.69) is 76.2 Å². The van der Waals surface area contributed by atoms with E-state index < -0.39 is 10.6 Å². The van der Waals surface area contributed by atoms with Crippen LogP contribution in [0, 0.1) is 6.07 Å². The molecule has 2 aromatic rings. The van der Waals surface area contributed by atoms with Crippen molar-refractivity contribution in [1.29, 1.82) is 0 Å². The molecule has 0 aliphatic carbocycles. The van der Waals surface area contributed by atoms with Gasteiger partial charge in [0.2, 0.25) is 0 Å². The fourth-order valence-corrected chi connectivity index (χ4v) is 4.66. The third-order valence-electron chi connectivity index (χ3n) is 7.16. The maximum Gasteiger partial charge on any atom is 1.00 e. The Morgan fingerprint density at radius 3 is 1.28 bits per heavy atom. The van der Waals surface area contributed by atoms with Gasteiger partial charge in [-0.2, -0.15) is 35.9 Å². The molecule has 2 unspecified atom stereocenters. The molecule has 0 bridgehead atoms. The number of unbranched alkanes of at least 4 members (excludes halogenated alkanes) is 12. The van der Waals surface area contributed by atoms with Gasteiger partial charge in [-0.3, -0.25) is 0 Å². The van der Waals surface area contributed by atoms with Gasteiger partial charge in [-0.1, -0.05) is 148 Å². The standard InChI is InChI=1S/C17H28.C17H27.Na.O3S/c2*1-3-4-5-6-7-8-10-13-16(2)17-14-11-9-12-15-17;;1-4(2)3/h9,11-12,14-16H,3-8,10,13H2,1-2H3;11-12,14-16H,3-8,10,13H2,1-2H3;;/q;-1;+1;. The van der Waals surface area contributed by atoms with Crippen LogP contribution in [0.1, 0.15) is 153 Å². The molecule has 0 saturated carbocycles. The third-order valence-corrected chi connectivity index (χ3v) is 7.16. The van der Waals surface area contributed by atoms with E-state index in [9.17, 15) is 0 Å². The molecule has 0 aromatic heterocycles. The van der Waals surface area contributed by atoms with Crippen LogP contribution in [0.3, 0.4) is 0 Å². The van der Waals surface area contributed by atoms with Crippen molar-refractivity contribution in [1.82, 2.24) is 0 Å². The number of benzene rings is 2. The molecule has 3 nitrogen and oxygen atoms in total. The Bertz CT molecular complexity index is 791. The molecule has 2 atom stereocenters. The minimum absolute atomic E-state index is 0. The molecule has 0 spiro atoms. The summed E-state index contributed by atoms with van der Waals surface area (Å²) < 4.78 is 25.3. The van der Waals surface area contributed by atoms with Crippen LogP contribution in [-0.4, -0.2) is 12.6 Å². The summed E-state index contributed by atoms with van der Waals surface area (Å²) in [5, 5.41) is 0. The molecule has 2 aromatic carbocycles. The summed E-state index contributed by atoms with van der Waals surface area (Å²) in [5.41, 5.74) is 2.97. The summed E-state index contributed by atoms with van der Waals surface area (Å²) in [6.45, 7) is 9.25. The maximum absolute atomic E-state index is 8.44. The van der Waals surface area contributed by atoms with Crippen LogP contribution in [0.4, 0.5) is 0 Å². The van der Waals surface area contributed by atoms with E-state index in [1.165, 1.54) is 114 Å². The predicted octanol–water partition coefficient (Wildman–Crippen LogP) is 7.66. The Hall–Kier alpha value is -0.940. The van der Waals surface area contributed by atoms with Gasteiger partial charge in [-0.25, -0.2) is 0 Å². The van der Waals surface area contributed by atoms with Crippen LogP contribution in [0.2, 0.25) is 0 Å². The maximum atomic E-state index is 8.44. The molecule has 0 heterocycles. The third kappa shape index (κ3) is 27.0. The van der Waals surface area contributed by atoms with Crippen LogP contribution in [0.5, 0.6) is 0 Å². The molecular formula is C34H55NaO3S. The number of hydrogen-bond donors (Lipinski definition) is 0. The molecule has 0 amide bonds. The van der Waals surface area contributed by atoms with Crippen molar-refractivity contribution in [3.05, 3.63) is 71.8 Å². The van der Waals surface area contributed by atoms with Crippen LogP contribution in [-0.2, 0) is 10.6 Å². The van der Waals surface area contributed by atoms with Crippen molar-refractivity contribution in [3.8, 4) is 0 Å². The smallest absolute Gasteiger partial charge is 0.184 e. The van der Waals surface area contributed by atoms with Crippen molar-refractivity contribution < 1.29 is 42.2 Å². The van der Waals surface area contributed by atoms with Crippen LogP contribution in [0.25, 0.3) is 0 Å². The zero-order valence-corrected chi connectivity index (χ0v) is 28.6. The molecule has 0 radical (unpaired) electrons. The number of hydrogen-bond acceptors (Lipinski definition) is 3. The topological polar surface area (TPSA) is 51.2 Å². The van der Waals surface area contributed by atoms with Gasteiger partial charge in [-0.15, -0.1) is 12.6 Å². The minimum atomic E-state index is -3.11. The monoisotopic (exact) mass is 566 g/mol.